The molecule has 2 aromatic rings. The number of benzene rings is 1. The molecule has 1 amide bonds. The van der Waals surface area contributed by atoms with E-state index in [-0.39, 0.29) is 30.6 Å². The van der Waals surface area contributed by atoms with Gasteiger partial charge in [0.05, 0.1) is 12.8 Å². The van der Waals surface area contributed by atoms with Crippen LogP contribution in [0.5, 0.6) is 11.5 Å². The van der Waals surface area contributed by atoms with Crippen LogP contribution in [-0.2, 0) is 11.3 Å². The Morgan fingerprint density at radius 2 is 2.00 bits per heavy atom. The summed E-state index contributed by atoms with van der Waals surface area (Å²) in [6.07, 6.45) is 3.59. The first-order valence-corrected chi connectivity index (χ1v) is 5.80. The van der Waals surface area contributed by atoms with Crippen LogP contribution in [0.15, 0.2) is 48.8 Å². The van der Waals surface area contributed by atoms with E-state index in [0.717, 1.165) is 0 Å². The molecule has 2 rings (SSSR count). The first-order valence-electron chi connectivity index (χ1n) is 5.80. The Bertz CT molecular complexity index is 576. The van der Waals surface area contributed by atoms with Crippen molar-refractivity contribution in [2.24, 2.45) is 0 Å². The molecule has 0 aliphatic rings. The van der Waals surface area contributed by atoms with Gasteiger partial charge in [-0.3, -0.25) is 4.79 Å². The fraction of sp³-hybridized carbons (Fsp3) is 0.143. The summed E-state index contributed by atoms with van der Waals surface area (Å²) in [5.74, 6) is 0.354. The van der Waals surface area contributed by atoms with Crippen molar-refractivity contribution in [2.75, 3.05) is 12.4 Å². The Kier molecular flexibility index (Phi) is 5.80. The van der Waals surface area contributed by atoms with Gasteiger partial charge in [0.25, 0.3) is 5.91 Å². The lowest BCUT2D eigenvalue weighted by Gasteiger charge is -2.07. The highest BCUT2D eigenvalue weighted by Gasteiger charge is 2.11. The second-order valence-electron chi connectivity index (χ2n) is 3.98. The number of phenols is 1. The summed E-state index contributed by atoms with van der Waals surface area (Å²) >= 11 is 0. The molecule has 1 aromatic heterocycles. The number of rotatable bonds is 4. The average molecular weight is 295 g/mol. The van der Waals surface area contributed by atoms with Gasteiger partial charge in [-0.05, 0) is 12.1 Å². The molecule has 0 radical (unpaired) electrons. The maximum Gasteiger partial charge on any atom is 0.290 e. The number of carbonyl (C=O) groups is 1. The van der Waals surface area contributed by atoms with Crippen molar-refractivity contribution >= 4 is 11.6 Å². The number of ether oxygens (including phenoxy) is 1. The van der Waals surface area contributed by atoms with Crippen LogP contribution in [0.2, 0.25) is 0 Å². The van der Waals surface area contributed by atoms with Gasteiger partial charge in [0.2, 0.25) is 6.54 Å². The Balaban J connectivity index is 0.00000200. The molecule has 5 nitrogen and oxygen atoms in total. The van der Waals surface area contributed by atoms with E-state index in [9.17, 15) is 9.90 Å². The molecule has 0 bridgehead atoms. The SMILES string of the molecule is COc1ccc(O)c(NC(=O)C[n+]2ccccc2)c1.[Cl-]. The molecule has 0 atom stereocenters. The molecule has 0 saturated carbocycles. The summed E-state index contributed by atoms with van der Waals surface area (Å²) in [7, 11) is 1.53. The number of hydrogen-bond acceptors (Lipinski definition) is 3. The lowest BCUT2D eigenvalue weighted by molar-refractivity contribution is -0.684. The maximum absolute atomic E-state index is 11.8. The van der Waals surface area contributed by atoms with Crippen LogP contribution in [0.3, 0.4) is 0 Å². The van der Waals surface area contributed by atoms with E-state index < -0.39 is 0 Å². The monoisotopic (exact) mass is 294 g/mol. The van der Waals surface area contributed by atoms with Crippen molar-refractivity contribution < 1.29 is 31.6 Å². The number of amides is 1. The summed E-state index contributed by atoms with van der Waals surface area (Å²) in [6, 6.07) is 10.2. The normalized spacial score (nSPS) is 9.45. The number of carbonyl (C=O) groups excluding carboxylic acids is 1. The summed E-state index contributed by atoms with van der Waals surface area (Å²) in [5.41, 5.74) is 0.334. The van der Waals surface area contributed by atoms with E-state index in [4.69, 9.17) is 4.74 Å². The minimum Gasteiger partial charge on any atom is -1.00 e. The molecule has 106 valence electrons. The average Bonchev–Trinajstić information content (AvgIpc) is 2.42. The van der Waals surface area contributed by atoms with Crippen LogP contribution in [-0.4, -0.2) is 18.1 Å². The molecule has 1 aromatic carbocycles. The molecule has 1 heterocycles. The van der Waals surface area contributed by atoms with Gasteiger partial charge < -0.3 is 27.6 Å². The summed E-state index contributed by atoms with van der Waals surface area (Å²) < 4.78 is 6.78. The third-order valence-electron chi connectivity index (χ3n) is 2.58. The fourth-order valence-electron chi connectivity index (χ4n) is 1.64. The van der Waals surface area contributed by atoms with Crippen LogP contribution in [0.25, 0.3) is 0 Å². The minimum absolute atomic E-state index is 0. The molecule has 0 aliphatic carbocycles. The summed E-state index contributed by atoms with van der Waals surface area (Å²) in [4.78, 5) is 11.8. The lowest BCUT2D eigenvalue weighted by Crippen LogP contribution is -3.00. The van der Waals surface area contributed by atoms with Crippen molar-refractivity contribution in [2.45, 2.75) is 6.54 Å². The zero-order valence-electron chi connectivity index (χ0n) is 10.9. The topological polar surface area (TPSA) is 62.4 Å². The van der Waals surface area contributed by atoms with E-state index in [0.29, 0.717) is 11.4 Å². The zero-order valence-corrected chi connectivity index (χ0v) is 11.7. The van der Waals surface area contributed by atoms with E-state index in [1.54, 1.807) is 29.1 Å². The Morgan fingerprint density at radius 3 is 2.65 bits per heavy atom. The number of aromatic nitrogens is 1. The van der Waals surface area contributed by atoms with Gasteiger partial charge in [-0.2, -0.15) is 4.57 Å². The lowest BCUT2D eigenvalue weighted by atomic mass is 10.2. The summed E-state index contributed by atoms with van der Waals surface area (Å²) in [5, 5.41) is 12.3. The van der Waals surface area contributed by atoms with Gasteiger partial charge in [-0.25, -0.2) is 0 Å². The van der Waals surface area contributed by atoms with E-state index in [2.05, 4.69) is 5.32 Å². The number of aromatic hydroxyl groups is 1. The smallest absolute Gasteiger partial charge is 0.290 e. The number of hydrogen-bond donors (Lipinski definition) is 2. The Labute approximate surface area is 123 Å². The van der Waals surface area contributed by atoms with Crippen LogP contribution in [0.1, 0.15) is 0 Å². The molecule has 0 aliphatic heterocycles. The minimum atomic E-state index is -0.222. The van der Waals surface area contributed by atoms with Crippen LogP contribution < -0.4 is 27.0 Å². The highest BCUT2D eigenvalue weighted by molar-refractivity contribution is 5.91. The molecule has 20 heavy (non-hydrogen) atoms. The molecular weight excluding hydrogens is 280 g/mol. The van der Waals surface area contributed by atoms with Gasteiger partial charge in [-0.15, -0.1) is 0 Å². The maximum atomic E-state index is 11.8. The summed E-state index contributed by atoms with van der Waals surface area (Å²) in [6.45, 7) is 0.178. The molecule has 2 N–H and O–H groups in total. The predicted octanol–water partition coefficient (Wildman–Crippen LogP) is -1.67. The van der Waals surface area contributed by atoms with Crippen LogP contribution >= 0.6 is 0 Å². The number of phenolic OH excluding ortho intramolecular Hbond substituents is 1. The number of nitrogens with one attached hydrogen (secondary N) is 1. The Morgan fingerprint density at radius 1 is 1.30 bits per heavy atom. The molecular formula is C14H15ClN2O3. The molecule has 0 spiro atoms. The van der Waals surface area contributed by atoms with Gasteiger partial charge in [0, 0.05) is 18.2 Å². The van der Waals surface area contributed by atoms with E-state index in [1.807, 2.05) is 18.2 Å². The number of pyridine rings is 1. The van der Waals surface area contributed by atoms with E-state index >= 15 is 0 Å². The van der Waals surface area contributed by atoms with Crippen LogP contribution in [0.4, 0.5) is 5.69 Å². The number of methoxy groups -OCH3 is 1. The highest BCUT2D eigenvalue weighted by atomic mass is 35.5. The quantitative estimate of drug-likeness (QED) is 0.524. The molecule has 0 unspecified atom stereocenters. The second-order valence-corrected chi connectivity index (χ2v) is 3.98. The van der Waals surface area contributed by atoms with Gasteiger partial charge >= 0.3 is 0 Å². The third kappa shape index (κ3) is 4.13. The standard InChI is InChI=1S/C14H14N2O3.ClH/c1-19-11-5-6-13(17)12(9-11)15-14(18)10-16-7-3-2-4-8-16;/h2-9H,10H2,1H3,(H-,15,17,18);1H. The second kappa shape index (κ2) is 7.35. The number of halogens is 1. The number of nitrogens with zero attached hydrogens (tertiary/aromatic N) is 1. The Hall–Kier alpha value is -2.27. The van der Waals surface area contributed by atoms with Gasteiger partial charge in [0.15, 0.2) is 12.4 Å². The fourth-order valence-corrected chi connectivity index (χ4v) is 1.64. The van der Waals surface area contributed by atoms with Gasteiger partial charge in [-0.1, -0.05) is 6.07 Å². The van der Waals surface area contributed by atoms with Crippen LogP contribution in [0, 0.1) is 0 Å². The largest absolute Gasteiger partial charge is 1.00 e. The van der Waals surface area contributed by atoms with Crippen molar-refractivity contribution in [3.63, 3.8) is 0 Å². The zero-order chi connectivity index (χ0) is 13.7. The van der Waals surface area contributed by atoms with E-state index in [1.165, 1.54) is 13.2 Å². The van der Waals surface area contributed by atoms with Crippen molar-refractivity contribution in [1.29, 1.82) is 0 Å². The molecule has 6 heteroatoms. The highest BCUT2D eigenvalue weighted by Crippen LogP contribution is 2.27. The van der Waals surface area contributed by atoms with Crippen molar-refractivity contribution in [3.05, 3.63) is 48.8 Å². The third-order valence-corrected chi connectivity index (χ3v) is 2.58. The molecule has 0 fully saturated rings. The number of anilines is 1. The first kappa shape index (κ1) is 15.8. The predicted molar refractivity (Wildman–Crippen MR) is 69.9 cm³/mol. The van der Waals surface area contributed by atoms with Crippen molar-refractivity contribution in [1.82, 2.24) is 0 Å². The molecule has 0 saturated heterocycles. The van der Waals surface area contributed by atoms with Gasteiger partial charge in [0.1, 0.15) is 11.5 Å². The van der Waals surface area contributed by atoms with Crippen molar-refractivity contribution in [3.8, 4) is 11.5 Å². The first-order chi connectivity index (χ1) is 9.19.